The Hall–Kier alpha value is -2.07. The van der Waals surface area contributed by atoms with E-state index in [4.69, 9.17) is 14.5 Å². The van der Waals surface area contributed by atoms with Crippen LogP contribution in [-0.4, -0.2) is 19.2 Å². The van der Waals surface area contributed by atoms with E-state index in [1.165, 1.54) is 4.70 Å². The Morgan fingerprint density at radius 3 is 2.22 bits per heavy atom. The Kier molecular flexibility index (Phi) is 4.26. The Morgan fingerprint density at radius 2 is 1.57 bits per heavy atom. The molecule has 0 saturated carbocycles. The van der Waals surface area contributed by atoms with Crippen LogP contribution in [0.1, 0.15) is 27.3 Å². The fraction of sp³-hybridized carbons (Fsp3) is 0.316. The summed E-state index contributed by atoms with van der Waals surface area (Å²) in [5, 5.41) is 1.10. The van der Waals surface area contributed by atoms with Gasteiger partial charge in [0.25, 0.3) is 0 Å². The molecule has 3 rings (SSSR count). The summed E-state index contributed by atoms with van der Waals surface area (Å²) in [7, 11) is 3.46. The molecular weight excluding hydrogens is 306 g/mol. The Bertz CT molecular complexity index is 834. The normalized spacial score (nSPS) is 11.0. The molecule has 1 heterocycles. The van der Waals surface area contributed by atoms with Crippen molar-refractivity contribution >= 4 is 21.6 Å². The first kappa shape index (κ1) is 15.8. The van der Waals surface area contributed by atoms with Crippen LogP contribution in [0.15, 0.2) is 24.3 Å². The third-order valence-corrected chi connectivity index (χ3v) is 5.42. The number of fused-ring (bicyclic) bond motifs is 1. The van der Waals surface area contributed by atoms with Gasteiger partial charge in [-0.25, -0.2) is 4.98 Å². The highest BCUT2D eigenvalue weighted by atomic mass is 32.1. The number of rotatable bonds is 4. The molecular formula is C19H21NO2S. The van der Waals surface area contributed by atoms with Gasteiger partial charge in [-0.3, -0.25) is 0 Å². The highest BCUT2D eigenvalue weighted by Crippen LogP contribution is 2.39. The average Bonchev–Trinajstić information content (AvgIpc) is 2.96. The minimum Gasteiger partial charge on any atom is -0.496 e. The van der Waals surface area contributed by atoms with E-state index in [0.717, 1.165) is 50.7 Å². The van der Waals surface area contributed by atoms with Crippen molar-refractivity contribution in [1.29, 1.82) is 0 Å². The molecule has 120 valence electrons. The lowest BCUT2D eigenvalue weighted by Crippen LogP contribution is -2.04. The van der Waals surface area contributed by atoms with Crippen molar-refractivity contribution in [2.75, 3.05) is 14.2 Å². The molecule has 2 aromatic carbocycles. The second kappa shape index (κ2) is 6.20. The molecule has 0 unspecified atom stereocenters. The van der Waals surface area contributed by atoms with Crippen LogP contribution in [-0.2, 0) is 6.42 Å². The van der Waals surface area contributed by atoms with Crippen molar-refractivity contribution in [3.63, 3.8) is 0 Å². The largest absolute Gasteiger partial charge is 0.496 e. The highest BCUT2D eigenvalue weighted by Gasteiger charge is 2.20. The first-order chi connectivity index (χ1) is 11.1. The number of ether oxygens (including phenoxy) is 2. The number of methoxy groups -OCH3 is 2. The van der Waals surface area contributed by atoms with Gasteiger partial charge >= 0.3 is 0 Å². The number of thiazole rings is 1. The molecule has 3 aromatic rings. The van der Waals surface area contributed by atoms with Gasteiger partial charge in [-0.1, -0.05) is 12.1 Å². The summed E-state index contributed by atoms with van der Waals surface area (Å²) in [6.45, 7) is 6.25. The van der Waals surface area contributed by atoms with E-state index in [-0.39, 0.29) is 0 Å². The zero-order valence-corrected chi connectivity index (χ0v) is 15.0. The second-order valence-corrected chi connectivity index (χ2v) is 6.79. The van der Waals surface area contributed by atoms with Gasteiger partial charge in [0.05, 0.1) is 29.4 Å². The quantitative estimate of drug-likeness (QED) is 0.688. The highest BCUT2D eigenvalue weighted by molar-refractivity contribution is 7.18. The molecule has 3 nitrogen and oxygen atoms in total. The van der Waals surface area contributed by atoms with Crippen LogP contribution >= 0.6 is 11.3 Å². The lowest BCUT2D eigenvalue weighted by molar-refractivity contribution is 0.391. The maximum Gasteiger partial charge on any atom is 0.126 e. The summed E-state index contributed by atoms with van der Waals surface area (Å²) < 4.78 is 12.5. The van der Waals surface area contributed by atoms with E-state index >= 15 is 0 Å². The monoisotopic (exact) mass is 327 g/mol. The summed E-state index contributed by atoms with van der Waals surface area (Å²) in [6, 6.07) is 8.24. The van der Waals surface area contributed by atoms with Crippen molar-refractivity contribution in [3.8, 4) is 11.5 Å². The summed E-state index contributed by atoms with van der Waals surface area (Å²) in [5.74, 6) is 1.89. The molecule has 0 saturated heterocycles. The molecule has 0 aliphatic heterocycles. The van der Waals surface area contributed by atoms with Crippen molar-refractivity contribution in [2.24, 2.45) is 0 Å². The lowest BCUT2D eigenvalue weighted by Gasteiger charge is -2.20. The molecule has 0 spiro atoms. The third kappa shape index (κ3) is 2.68. The van der Waals surface area contributed by atoms with Crippen LogP contribution in [0.2, 0.25) is 0 Å². The van der Waals surface area contributed by atoms with Gasteiger partial charge in [0.2, 0.25) is 0 Å². The van der Waals surface area contributed by atoms with Gasteiger partial charge in [-0.05, 0) is 49.6 Å². The van der Waals surface area contributed by atoms with E-state index in [1.54, 1.807) is 25.6 Å². The van der Waals surface area contributed by atoms with Gasteiger partial charge in [-0.2, -0.15) is 0 Å². The number of benzene rings is 2. The maximum atomic E-state index is 5.70. The number of hydrogen-bond donors (Lipinski definition) is 0. The third-order valence-electron chi connectivity index (χ3n) is 4.39. The second-order valence-electron chi connectivity index (χ2n) is 5.67. The van der Waals surface area contributed by atoms with Crippen LogP contribution in [0.3, 0.4) is 0 Å². The predicted molar refractivity (Wildman–Crippen MR) is 96.2 cm³/mol. The Labute approximate surface area is 140 Å². The number of para-hydroxylation sites is 1. The van der Waals surface area contributed by atoms with Crippen molar-refractivity contribution in [3.05, 3.63) is 51.5 Å². The van der Waals surface area contributed by atoms with E-state index < -0.39 is 0 Å². The first-order valence-electron chi connectivity index (χ1n) is 7.61. The van der Waals surface area contributed by atoms with E-state index in [0.29, 0.717) is 0 Å². The van der Waals surface area contributed by atoms with E-state index in [1.807, 2.05) is 6.07 Å². The van der Waals surface area contributed by atoms with Crippen LogP contribution in [0, 0.1) is 20.8 Å². The van der Waals surface area contributed by atoms with E-state index in [9.17, 15) is 0 Å². The fourth-order valence-corrected chi connectivity index (χ4v) is 4.08. The minimum atomic E-state index is 0.756. The fourth-order valence-electron chi connectivity index (χ4n) is 3.10. The molecule has 0 radical (unpaired) electrons. The minimum absolute atomic E-state index is 0.756. The Morgan fingerprint density at radius 1 is 0.913 bits per heavy atom. The topological polar surface area (TPSA) is 31.4 Å². The van der Waals surface area contributed by atoms with E-state index in [2.05, 4.69) is 39.0 Å². The Balaban J connectivity index is 2.13. The summed E-state index contributed by atoms with van der Waals surface area (Å²) >= 11 is 1.74. The zero-order chi connectivity index (χ0) is 16.6. The molecule has 0 fully saturated rings. The smallest absolute Gasteiger partial charge is 0.126 e. The molecule has 0 N–H and O–H groups in total. The molecule has 0 bridgehead atoms. The SMILES string of the molecule is COc1c(C)c(C)c(OC)c(Cc2nc3ccccc3s2)c1C. The zero-order valence-electron chi connectivity index (χ0n) is 14.2. The summed E-state index contributed by atoms with van der Waals surface area (Å²) in [5.41, 5.74) is 5.61. The molecule has 1 aromatic heterocycles. The van der Waals surface area contributed by atoms with Crippen LogP contribution in [0.5, 0.6) is 11.5 Å². The van der Waals surface area contributed by atoms with Gasteiger partial charge < -0.3 is 9.47 Å². The summed E-state index contributed by atoms with van der Waals surface area (Å²) in [6.07, 6.45) is 0.756. The molecule has 4 heteroatoms. The van der Waals surface area contributed by atoms with Crippen LogP contribution in [0.25, 0.3) is 10.2 Å². The molecule has 0 aliphatic carbocycles. The predicted octanol–water partition coefficient (Wildman–Crippen LogP) is 4.83. The first-order valence-corrected chi connectivity index (χ1v) is 8.43. The number of nitrogens with zero attached hydrogens (tertiary/aromatic N) is 1. The van der Waals surface area contributed by atoms with Crippen molar-refractivity contribution in [2.45, 2.75) is 27.2 Å². The van der Waals surface area contributed by atoms with Gasteiger partial charge in [0.1, 0.15) is 11.5 Å². The van der Waals surface area contributed by atoms with Crippen LogP contribution < -0.4 is 9.47 Å². The van der Waals surface area contributed by atoms with Gasteiger partial charge in [-0.15, -0.1) is 11.3 Å². The summed E-state index contributed by atoms with van der Waals surface area (Å²) in [4.78, 5) is 4.75. The molecule has 0 aliphatic rings. The van der Waals surface area contributed by atoms with Crippen molar-refractivity contribution < 1.29 is 9.47 Å². The average molecular weight is 327 g/mol. The lowest BCUT2D eigenvalue weighted by atomic mass is 9.95. The number of hydrogen-bond acceptors (Lipinski definition) is 4. The molecule has 23 heavy (non-hydrogen) atoms. The van der Waals surface area contributed by atoms with Gasteiger partial charge in [0.15, 0.2) is 0 Å². The van der Waals surface area contributed by atoms with Gasteiger partial charge in [0, 0.05) is 12.0 Å². The number of aromatic nitrogens is 1. The van der Waals surface area contributed by atoms with Crippen LogP contribution in [0.4, 0.5) is 0 Å². The van der Waals surface area contributed by atoms with Crippen molar-refractivity contribution in [1.82, 2.24) is 4.98 Å². The standard InChI is InChI=1S/C19H21NO2S/c1-11-12(2)19(22-5)14(13(3)18(11)21-4)10-17-20-15-8-6-7-9-16(15)23-17/h6-9H,10H2,1-5H3. The molecule has 0 atom stereocenters. The molecule has 0 amide bonds. The maximum absolute atomic E-state index is 5.70.